The molecule has 0 fully saturated rings. The van der Waals surface area contributed by atoms with Crippen LogP contribution in [0, 0.1) is 0 Å². The van der Waals surface area contributed by atoms with Crippen LogP contribution in [0.15, 0.2) is 51.8 Å². The highest BCUT2D eigenvalue weighted by atomic mass is 32.1. The van der Waals surface area contributed by atoms with Crippen LogP contribution in [0.5, 0.6) is 0 Å². The second kappa shape index (κ2) is 10.5. The molecule has 0 spiro atoms. The van der Waals surface area contributed by atoms with Gasteiger partial charge in [0, 0.05) is 13.1 Å². The number of nitrogens with one attached hydrogen (secondary N) is 1. The third-order valence-electron chi connectivity index (χ3n) is 5.53. The van der Waals surface area contributed by atoms with Crippen LogP contribution in [-0.4, -0.2) is 65.2 Å². The summed E-state index contributed by atoms with van der Waals surface area (Å²) >= 11 is 1.19. The minimum Gasteiger partial charge on any atom is -0.469 e. The molecule has 3 N–H and O–H groups in total. The summed E-state index contributed by atoms with van der Waals surface area (Å²) in [6.45, 7) is 2.81. The summed E-state index contributed by atoms with van der Waals surface area (Å²) < 4.78 is 5.74. The first-order chi connectivity index (χ1) is 16.5. The van der Waals surface area contributed by atoms with Gasteiger partial charge >= 0.3 is 6.03 Å². The Morgan fingerprint density at radius 1 is 1.24 bits per heavy atom. The molecule has 1 aromatic carbocycles. The zero-order valence-corrected chi connectivity index (χ0v) is 19.5. The standard InChI is InChI=1S/C23H26N6O4S/c1-2-3-10-28-14-25-20-18(28)21(27-23(32)29(20)12-15-7-5-4-6-8-15)33-13-17(30)26-22-16(19(24)31)9-11-34-22/h4-9,11,14,18,20H,2-3,10,12-13H2,1H3,(H2,24,31)(H,26,30)/t18-,20+/m0/s1. The summed E-state index contributed by atoms with van der Waals surface area (Å²) in [6.07, 6.45) is 3.15. The molecule has 2 aromatic rings. The summed E-state index contributed by atoms with van der Waals surface area (Å²) in [6, 6.07) is 10.3. The van der Waals surface area contributed by atoms with Crippen LogP contribution in [0.3, 0.4) is 0 Å². The van der Waals surface area contributed by atoms with Crippen LogP contribution in [0.2, 0.25) is 0 Å². The van der Waals surface area contributed by atoms with E-state index in [1.54, 1.807) is 22.7 Å². The second-order valence-electron chi connectivity index (χ2n) is 7.92. The number of hydrogen-bond donors (Lipinski definition) is 2. The number of ether oxygens (including phenoxy) is 1. The Kier molecular flexibility index (Phi) is 7.21. The molecule has 178 valence electrons. The van der Waals surface area contributed by atoms with E-state index in [4.69, 9.17) is 10.5 Å². The number of rotatable bonds is 9. The van der Waals surface area contributed by atoms with Crippen molar-refractivity contribution in [3.63, 3.8) is 0 Å². The van der Waals surface area contributed by atoms with Crippen LogP contribution in [0.4, 0.5) is 9.80 Å². The summed E-state index contributed by atoms with van der Waals surface area (Å²) in [4.78, 5) is 49.3. The van der Waals surface area contributed by atoms with Gasteiger partial charge < -0.3 is 20.7 Å². The number of primary amides is 1. The fourth-order valence-corrected chi connectivity index (χ4v) is 4.64. The second-order valence-corrected chi connectivity index (χ2v) is 8.84. The molecule has 1 aromatic heterocycles. The fraction of sp³-hybridized carbons (Fsp3) is 0.348. The minimum atomic E-state index is -0.629. The maximum atomic E-state index is 12.9. The number of thiophene rings is 1. The number of benzene rings is 1. The number of unbranched alkanes of at least 4 members (excludes halogenated alkanes) is 1. The molecule has 0 saturated carbocycles. The molecule has 2 aliphatic rings. The number of nitrogens with zero attached hydrogens (tertiary/aromatic N) is 4. The molecule has 4 amide bonds. The van der Waals surface area contributed by atoms with Gasteiger partial charge in [-0.25, -0.2) is 9.79 Å². The van der Waals surface area contributed by atoms with Crippen molar-refractivity contribution in [2.75, 3.05) is 18.5 Å². The predicted octanol–water partition coefficient (Wildman–Crippen LogP) is 2.68. The predicted molar refractivity (Wildman–Crippen MR) is 130 cm³/mol. The van der Waals surface area contributed by atoms with E-state index < -0.39 is 30.1 Å². The highest BCUT2D eigenvalue weighted by Gasteiger charge is 2.45. The molecule has 0 unspecified atom stereocenters. The zero-order valence-electron chi connectivity index (χ0n) is 18.7. The lowest BCUT2D eigenvalue weighted by Gasteiger charge is -2.37. The summed E-state index contributed by atoms with van der Waals surface area (Å²) in [5.41, 5.74) is 6.53. The van der Waals surface area contributed by atoms with Gasteiger partial charge in [-0.05, 0) is 23.4 Å². The lowest BCUT2D eigenvalue weighted by molar-refractivity contribution is -0.118. The number of aliphatic imine (C=N–C) groups is 2. The topological polar surface area (TPSA) is 130 Å². The van der Waals surface area contributed by atoms with E-state index in [0.29, 0.717) is 11.5 Å². The maximum absolute atomic E-state index is 12.9. The Morgan fingerprint density at radius 2 is 2.03 bits per heavy atom. The highest BCUT2D eigenvalue weighted by Crippen LogP contribution is 2.27. The van der Waals surface area contributed by atoms with Crippen molar-refractivity contribution in [1.82, 2.24) is 9.80 Å². The number of nitrogens with two attached hydrogens (primary N) is 1. The van der Waals surface area contributed by atoms with E-state index in [0.717, 1.165) is 24.9 Å². The zero-order chi connectivity index (χ0) is 24.1. The summed E-state index contributed by atoms with van der Waals surface area (Å²) in [5.74, 6) is -0.956. The van der Waals surface area contributed by atoms with Crippen molar-refractivity contribution in [3.05, 3.63) is 52.9 Å². The molecular weight excluding hydrogens is 456 g/mol. The average molecular weight is 483 g/mol. The Morgan fingerprint density at radius 3 is 2.76 bits per heavy atom. The molecule has 0 aliphatic carbocycles. The first-order valence-corrected chi connectivity index (χ1v) is 11.9. The van der Waals surface area contributed by atoms with Crippen LogP contribution < -0.4 is 11.1 Å². The Labute approximate surface area is 201 Å². The van der Waals surface area contributed by atoms with Gasteiger partial charge in [0.15, 0.2) is 12.8 Å². The summed E-state index contributed by atoms with van der Waals surface area (Å²) in [7, 11) is 0. The van der Waals surface area contributed by atoms with E-state index in [9.17, 15) is 14.4 Å². The van der Waals surface area contributed by atoms with Crippen molar-refractivity contribution < 1.29 is 19.1 Å². The van der Waals surface area contributed by atoms with E-state index in [2.05, 4.69) is 22.2 Å². The van der Waals surface area contributed by atoms with Crippen LogP contribution in [0.25, 0.3) is 0 Å². The Balaban J connectivity index is 1.49. The normalized spacial score (nSPS) is 19.1. The maximum Gasteiger partial charge on any atom is 0.348 e. The number of carbonyl (C=O) groups excluding carboxylic acids is 3. The Hall–Kier alpha value is -3.73. The van der Waals surface area contributed by atoms with Gasteiger partial charge in [-0.3, -0.25) is 14.5 Å². The lowest BCUT2D eigenvalue weighted by Crippen LogP contribution is -2.56. The number of fused-ring (bicyclic) bond motifs is 1. The fourth-order valence-electron chi connectivity index (χ4n) is 3.84. The Bertz CT molecular complexity index is 1120. The average Bonchev–Trinajstić information content (AvgIpc) is 3.46. The largest absolute Gasteiger partial charge is 0.469 e. The van der Waals surface area contributed by atoms with Gasteiger partial charge in [0.2, 0.25) is 5.90 Å². The number of anilines is 1. The van der Waals surface area contributed by atoms with Gasteiger partial charge in [-0.1, -0.05) is 43.7 Å². The van der Waals surface area contributed by atoms with Crippen molar-refractivity contribution in [2.45, 2.75) is 38.5 Å². The molecule has 4 rings (SSSR count). The third-order valence-corrected chi connectivity index (χ3v) is 6.36. The van der Waals surface area contributed by atoms with E-state index in [1.165, 1.54) is 11.3 Å². The van der Waals surface area contributed by atoms with Crippen LogP contribution in [-0.2, 0) is 16.1 Å². The van der Waals surface area contributed by atoms with E-state index in [-0.39, 0.29) is 18.1 Å². The van der Waals surface area contributed by atoms with Gasteiger partial charge in [0.05, 0.1) is 11.9 Å². The smallest absolute Gasteiger partial charge is 0.348 e. The van der Waals surface area contributed by atoms with Crippen LogP contribution in [0.1, 0.15) is 35.7 Å². The number of amides is 4. The molecule has 3 heterocycles. The molecular formula is C23H26N6O4S. The lowest BCUT2D eigenvalue weighted by atomic mass is 10.1. The monoisotopic (exact) mass is 482 g/mol. The molecule has 0 radical (unpaired) electrons. The molecule has 0 saturated heterocycles. The van der Waals surface area contributed by atoms with Crippen LogP contribution >= 0.6 is 11.3 Å². The van der Waals surface area contributed by atoms with Crippen molar-refractivity contribution in [2.24, 2.45) is 15.7 Å². The number of hydrogen-bond acceptors (Lipinski definition) is 7. The van der Waals surface area contributed by atoms with E-state index in [1.807, 2.05) is 35.2 Å². The molecule has 2 atom stereocenters. The van der Waals surface area contributed by atoms with E-state index >= 15 is 0 Å². The first-order valence-electron chi connectivity index (χ1n) is 11.0. The molecule has 10 nitrogen and oxygen atoms in total. The van der Waals surface area contributed by atoms with Gasteiger partial charge in [0.25, 0.3) is 11.8 Å². The van der Waals surface area contributed by atoms with Crippen molar-refractivity contribution >= 4 is 46.4 Å². The molecule has 2 aliphatic heterocycles. The highest BCUT2D eigenvalue weighted by molar-refractivity contribution is 7.14. The number of carbonyl (C=O) groups is 3. The quantitative estimate of drug-likeness (QED) is 0.568. The SMILES string of the molecule is CCCCN1C=N[C@H]2[C@H]1C(OCC(=O)Nc1sccc1C(N)=O)=NC(=O)N2Cc1ccccc1. The summed E-state index contributed by atoms with van der Waals surface area (Å²) in [5, 5.41) is 4.64. The van der Waals surface area contributed by atoms with Gasteiger partial charge in [-0.2, -0.15) is 4.99 Å². The van der Waals surface area contributed by atoms with Crippen molar-refractivity contribution in [1.29, 1.82) is 0 Å². The first kappa shape index (κ1) is 23.4. The number of urea groups is 1. The molecule has 11 heteroatoms. The van der Waals surface area contributed by atoms with Gasteiger partial charge in [-0.15, -0.1) is 11.3 Å². The third kappa shape index (κ3) is 5.09. The van der Waals surface area contributed by atoms with Gasteiger partial charge in [0.1, 0.15) is 11.0 Å². The molecule has 0 bridgehead atoms. The van der Waals surface area contributed by atoms with Crippen molar-refractivity contribution in [3.8, 4) is 0 Å². The minimum absolute atomic E-state index is 0.157. The molecule has 34 heavy (non-hydrogen) atoms.